The van der Waals surface area contributed by atoms with Crippen LogP contribution >= 0.6 is 0 Å². The Morgan fingerprint density at radius 3 is 1.00 bits per heavy atom. The van der Waals surface area contributed by atoms with Crippen molar-refractivity contribution in [1.82, 2.24) is 0 Å². The van der Waals surface area contributed by atoms with E-state index in [4.69, 9.17) is 0 Å². The van der Waals surface area contributed by atoms with Gasteiger partial charge in [-0.2, -0.15) is 0 Å². The van der Waals surface area contributed by atoms with Crippen LogP contribution in [0.1, 0.15) is 22.3 Å². The number of phenols is 4. The highest BCUT2D eigenvalue weighted by Gasteiger charge is 2.19. The highest BCUT2D eigenvalue weighted by atomic mass is 16.3. The van der Waals surface area contributed by atoms with E-state index in [9.17, 15) is 20.4 Å². The second-order valence-electron chi connectivity index (χ2n) is 11.5. The molecule has 198 valence electrons. The van der Waals surface area contributed by atoms with Crippen LogP contribution < -0.4 is 0 Å². The molecule has 0 unspecified atom stereocenters. The van der Waals surface area contributed by atoms with Crippen molar-refractivity contribution in [2.75, 3.05) is 28.2 Å². The summed E-state index contributed by atoms with van der Waals surface area (Å²) in [6.45, 7) is 3.15. The Morgan fingerprint density at radius 1 is 0.395 bits per heavy atom. The molecule has 4 aromatic rings. The first-order valence-corrected chi connectivity index (χ1v) is 12.7. The molecule has 0 aliphatic rings. The van der Waals surface area contributed by atoms with Gasteiger partial charge in [0.1, 0.15) is 26.2 Å². The molecular formula is C32H38N2O4+2. The molecule has 38 heavy (non-hydrogen) atoms. The average Bonchev–Trinajstić information content (AvgIpc) is 2.84. The van der Waals surface area contributed by atoms with Crippen LogP contribution in [-0.4, -0.2) is 57.6 Å². The summed E-state index contributed by atoms with van der Waals surface area (Å²) in [7, 11) is 8.61. The number of hydrogen-bond donors (Lipinski definition) is 4. The highest BCUT2D eigenvalue weighted by Crippen LogP contribution is 2.29. The Kier molecular flexibility index (Phi) is 7.67. The van der Waals surface area contributed by atoms with Crippen LogP contribution in [0.15, 0.2) is 84.9 Å². The number of rotatable bonds is 9. The minimum Gasteiger partial charge on any atom is -0.504 e. The summed E-state index contributed by atoms with van der Waals surface area (Å²) in [5.41, 5.74) is 6.76. The molecule has 0 atom stereocenters. The molecule has 4 N–H and O–H groups in total. The second kappa shape index (κ2) is 10.8. The van der Waals surface area contributed by atoms with E-state index in [-0.39, 0.29) is 23.0 Å². The lowest BCUT2D eigenvalue weighted by atomic mass is 10.0. The van der Waals surface area contributed by atoms with Crippen molar-refractivity contribution in [3.8, 4) is 34.1 Å². The summed E-state index contributed by atoms with van der Waals surface area (Å²) in [5.74, 6) is -0.364. The normalized spacial score (nSPS) is 12.0. The van der Waals surface area contributed by atoms with Gasteiger partial charge < -0.3 is 29.4 Å². The molecule has 0 amide bonds. The molecule has 6 heteroatoms. The number of benzene rings is 4. The second-order valence-corrected chi connectivity index (χ2v) is 11.5. The monoisotopic (exact) mass is 514 g/mol. The Labute approximate surface area is 225 Å². The third-order valence-electron chi connectivity index (χ3n) is 6.76. The van der Waals surface area contributed by atoms with Gasteiger partial charge >= 0.3 is 0 Å². The van der Waals surface area contributed by atoms with E-state index in [1.54, 1.807) is 12.1 Å². The molecular weight excluding hydrogens is 476 g/mol. The zero-order valence-electron chi connectivity index (χ0n) is 22.6. The van der Waals surface area contributed by atoms with Gasteiger partial charge in [-0.25, -0.2) is 0 Å². The maximum Gasteiger partial charge on any atom is 0.157 e. The van der Waals surface area contributed by atoms with Crippen LogP contribution in [0.25, 0.3) is 11.1 Å². The first-order chi connectivity index (χ1) is 17.9. The quantitative estimate of drug-likeness (QED) is 0.170. The van der Waals surface area contributed by atoms with Crippen molar-refractivity contribution in [1.29, 1.82) is 0 Å². The third kappa shape index (κ3) is 7.06. The zero-order chi connectivity index (χ0) is 27.5. The van der Waals surface area contributed by atoms with E-state index < -0.39 is 0 Å². The Balaban J connectivity index is 1.37. The van der Waals surface area contributed by atoms with Gasteiger partial charge in [0, 0.05) is 22.3 Å². The van der Waals surface area contributed by atoms with E-state index in [0.29, 0.717) is 0 Å². The predicted molar refractivity (Wildman–Crippen MR) is 150 cm³/mol. The summed E-state index contributed by atoms with van der Waals surface area (Å²) < 4.78 is 1.44. The fourth-order valence-corrected chi connectivity index (χ4v) is 5.03. The van der Waals surface area contributed by atoms with Gasteiger partial charge in [-0.1, -0.05) is 48.5 Å². The fraction of sp³-hybridized carbons (Fsp3) is 0.250. The molecule has 4 rings (SSSR count). The topological polar surface area (TPSA) is 80.9 Å². The van der Waals surface area contributed by atoms with E-state index >= 15 is 0 Å². The van der Waals surface area contributed by atoms with Gasteiger partial charge in [0.15, 0.2) is 23.0 Å². The van der Waals surface area contributed by atoms with Crippen molar-refractivity contribution in [3.63, 3.8) is 0 Å². The summed E-state index contributed by atoms with van der Waals surface area (Å²) in [4.78, 5) is 0. The van der Waals surface area contributed by atoms with Gasteiger partial charge in [-0.3, -0.25) is 0 Å². The van der Waals surface area contributed by atoms with Crippen molar-refractivity contribution in [3.05, 3.63) is 107 Å². The Bertz CT molecular complexity index is 1290. The van der Waals surface area contributed by atoms with Crippen LogP contribution in [0.4, 0.5) is 0 Å². The number of nitrogens with zero attached hydrogens (tertiary/aromatic N) is 2. The summed E-state index contributed by atoms with van der Waals surface area (Å²) in [5, 5.41) is 38.7. The largest absolute Gasteiger partial charge is 0.504 e. The standard InChI is InChI=1S/C32H36N2O4/c1-33(2,21-25-9-15-29(35)31(37)17-25)19-23-5-11-27(12-6-23)28-13-7-24(8-14-28)20-34(3,4)22-26-10-16-30(36)32(38)18-26/h5-18H,19-22H2,1-4H3,(H2-2,35,36,37,38)/p+2. The van der Waals surface area contributed by atoms with Crippen LogP contribution in [0.5, 0.6) is 23.0 Å². The molecule has 0 aromatic heterocycles. The molecule has 0 spiro atoms. The zero-order valence-corrected chi connectivity index (χ0v) is 22.6. The number of quaternary nitrogens is 2. The summed E-state index contributed by atoms with van der Waals surface area (Å²) >= 11 is 0. The third-order valence-corrected chi connectivity index (χ3v) is 6.76. The van der Waals surface area contributed by atoms with Gasteiger partial charge in [0.05, 0.1) is 28.2 Å². The SMILES string of the molecule is C[N+](C)(Cc1ccc(-c2ccc(C[N+](C)(C)Cc3ccc(O)c(O)c3)cc2)cc1)Cc1ccc(O)c(O)c1. The molecule has 0 saturated carbocycles. The summed E-state index contributed by atoms with van der Waals surface area (Å²) in [6.07, 6.45) is 0. The van der Waals surface area contributed by atoms with Crippen molar-refractivity contribution in [2.45, 2.75) is 26.2 Å². The predicted octanol–water partition coefficient (Wildman–Crippen LogP) is 5.73. The lowest BCUT2D eigenvalue weighted by molar-refractivity contribution is -0.916. The van der Waals surface area contributed by atoms with Crippen molar-refractivity contribution >= 4 is 0 Å². The van der Waals surface area contributed by atoms with Crippen LogP contribution in [0, 0.1) is 0 Å². The lowest BCUT2D eigenvalue weighted by Crippen LogP contribution is -2.37. The van der Waals surface area contributed by atoms with Gasteiger partial charge in [-0.15, -0.1) is 0 Å². The molecule has 6 nitrogen and oxygen atoms in total. The highest BCUT2D eigenvalue weighted by molar-refractivity contribution is 5.64. The molecule has 0 bridgehead atoms. The maximum absolute atomic E-state index is 9.80. The van der Waals surface area contributed by atoms with Crippen molar-refractivity contribution in [2.24, 2.45) is 0 Å². The molecule has 0 heterocycles. The van der Waals surface area contributed by atoms with Gasteiger partial charge in [0.2, 0.25) is 0 Å². The van der Waals surface area contributed by atoms with Crippen LogP contribution in [0.3, 0.4) is 0 Å². The van der Waals surface area contributed by atoms with E-state index in [1.165, 1.54) is 34.4 Å². The fourth-order valence-electron chi connectivity index (χ4n) is 5.03. The Hall–Kier alpha value is -4.00. The molecule has 0 saturated heterocycles. The number of aromatic hydroxyl groups is 4. The summed E-state index contributed by atoms with van der Waals surface area (Å²) in [6, 6.07) is 27.3. The lowest BCUT2D eigenvalue weighted by Gasteiger charge is -2.30. The first kappa shape index (κ1) is 27.0. The van der Waals surface area contributed by atoms with Crippen LogP contribution in [0.2, 0.25) is 0 Å². The van der Waals surface area contributed by atoms with E-state index in [2.05, 4.69) is 76.7 Å². The molecule has 0 fully saturated rings. The van der Waals surface area contributed by atoms with Crippen LogP contribution in [-0.2, 0) is 26.2 Å². The minimum atomic E-state index is -0.0966. The number of hydrogen-bond acceptors (Lipinski definition) is 4. The smallest absolute Gasteiger partial charge is 0.157 e. The average molecular weight is 515 g/mol. The molecule has 0 aliphatic carbocycles. The van der Waals surface area contributed by atoms with Crippen molar-refractivity contribution < 1.29 is 29.4 Å². The Morgan fingerprint density at radius 2 is 0.684 bits per heavy atom. The van der Waals surface area contributed by atoms with Gasteiger partial charge in [0.25, 0.3) is 0 Å². The van der Waals surface area contributed by atoms with E-state index in [1.807, 2.05) is 12.1 Å². The first-order valence-electron chi connectivity index (χ1n) is 12.7. The minimum absolute atomic E-state index is 0.0852. The molecule has 0 aliphatic heterocycles. The maximum atomic E-state index is 9.80. The van der Waals surface area contributed by atoms with Gasteiger partial charge in [-0.05, 0) is 47.5 Å². The molecule has 0 radical (unpaired) electrons. The number of phenolic OH excluding ortho intramolecular Hbond substituents is 4. The van der Waals surface area contributed by atoms with E-state index in [0.717, 1.165) is 46.3 Å². The molecule has 4 aromatic carbocycles.